The Morgan fingerprint density at radius 2 is 1.19 bits per heavy atom. The second kappa shape index (κ2) is 14.2. The largest absolute Gasteiger partial charge is 0.361 e. The molecular formula is C57H45N5. The molecule has 2 aliphatic carbocycles. The van der Waals surface area contributed by atoms with E-state index in [4.69, 9.17) is 9.98 Å². The van der Waals surface area contributed by atoms with Crippen molar-refractivity contribution in [2.24, 2.45) is 21.8 Å². The fourth-order valence-electron chi connectivity index (χ4n) is 11.9. The Balaban J connectivity index is 0.935. The lowest BCUT2D eigenvalue weighted by Crippen LogP contribution is -2.47. The van der Waals surface area contributed by atoms with E-state index >= 15 is 0 Å². The molecule has 298 valence electrons. The number of rotatable bonds is 5. The Labute approximate surface area is 362 Å². The van der Waals surface area contributed by atoms with Gasteiger partial charge in [-0.1, -0.05) is 170 Å². The maximum Gasteiger partial charge on any atom is 0.169 e. The summed E-state index contributed by atoms with van der Waals surface area (Å²) < 4.78 is 0. The Morgan fingerprint density at radius 1 is 0.516 bits per heavy atom. The number of aliphatic imine (C=N–C) groups is 2. The third kappa shape index (κ3) is 5.54. The number of amidine groups is 2. The van der Waals surface area contributed by atoms with Crippen LogP contribution in [0.5, 0.6) is 0 Å². The molecule has 0 aromatic heterocycles. The van der Waals surface area contributed by atoms with E-state index in [2.05, 4.69) is 215 Å². The second-order valence-corrected chi connectivity index (χ2v) is 17.7. The molecule has 13 rings (SSSR count). The van der Waals surface area contributed by atoms with Crippen LogP contribution >= 0.6 is 0 Å². The SMILES string of the molecule is C1=CC2C3CC4c5c(ccc6ccccc56)N(c5ccc6ccccc6c5)C4CC3N(c3ccc(C4=NC(c5ccccc5)N=C(c5ccccc5)N4)c4ccccc34)C2C=C1. The van der Waals surface area contributed by atoms with Crippen molar-refractivity contribution in [3.05, 3.63) is 222 Å². The van der Waals surface area contributed by atoms with Crippen molar-refractivity contribution in [1.29, 1.82) is 0 Å². The lowest BCUT2D eigenvalue weighted by molar-refractivity contribution is 0.260. The Hall–Kier alpha value is -7.24. The zero-order valence-electron chi connectivity index (χ0n) is 34.3. The molecule has 2 fully saturated rings. The van der Waals surface area contributed by atoms with Crippen molar-refractivity contribution in [2.75, 3.05) is 9.80 Å². The zero-order valence-corrected chi connectivity index (χ0v) is 34.3. The van der Waals surface area contributed by atoms with E-state index in [1.165, 1.54) is 54.9 Å². The lowest BCUT2D eigenvalue weighted by atomic mass is 9.69. The van der Waals surface area contributed by atoms with Crippen molar-refractivity contribution in [3.8, 4) is 0 Å². The van der Waals surface area contributed by atoms with Crippen molar-refractivity contribution >= 4 is 61.1 Å². The lowest BCUT2D eigenvalue weighted by Gasteiger charge is -2.43. The summed E-state index contributed by atoms with van der Waals surface area (Å²) in [7, 11) is 0. The van der Waals surface area contributed by atoms with Crippen LogP contribution in [-0.2, 0) is 0 Å². The predicted octanol–water partition coefficient (Wildman–Crippen LogP) is 12.7. The molecule has 1 N–H and O–H groups in total. The van der Waals surface area contributed by atoms with Crippen molar-refractivity contribution in [3.63, 3.8) is 0 Å². The molecule has 3 aliphatic heterocycles. The summed E-state index contributed by atoms with van der Waals surface area (Å²) in [6.45, 7) is 0. The van der Waals surface area contributed by atoms with E-state index in [0.717, 1.165) is 41.2 Å². The number of fused-ring (bicyclic) bond motifs is 10. The van der Waals surface area contributed by atoms with E-state index in [1.807, 2.05) is 0 Å². The van der Waals surface area contributed by atoms with Gasteiger partial charge in [0.05, 0.1) is 6.04 Å². The third-order valence-corrected chi connectivity index (χ3v) is 14.5. The van der Waals surface area contributed by atoms with Gasteiger partial charge < -0.3 is 15.1 Å². The summed E-state index contributed by atoms with van der Waals surface area (Å²) in [5, 5.41) is 11.5. The summed E-state index contributed by atoms with van der Waals surface area (Å²) in [5.74, 6) is 3.04. The van der Waals surface area contributed by atoms with Crippen LogP contribution in [0.3, 0.4) is 0 Å². The summed E-state index contributed by atoms with van der Waals surface area (Å²) >= 11 is 0. The van der Waals surface area contributed by atoms with Crippen LogP contribution in [0.4, 0.5) is 17.1 Å². The average Bonchev–Trinajstić information content (AvgIpc) is 3.85. The van der Waals surface area contributed by atoms with Crippen molar-refractivity contribution in [2.45, 2.75) is 43.1 Å². The van der Waals surface area contributed by atoms with Crippen LogP contribution in [0.1, 0.15) is 47.2 Å². The fraction of sp³-hybridized carbons (Fsp3) is 0.158. The topological polar surface area (TPSA) is 43.2 Å². The smallest absolute Gasteiger partial charge is 0.169 e. The minimum atomic E-state index is -0.353. The molecule has 62 heavy (non-hydrogen) atoms. The maximum atomic E-state index is 5.32. The highest BCUT2D eigenvalue weighted by Crippen LogP contribution is 2.59. The number of allylic oxidation sites excluding steroid dienone is 2. The average molecular weight is 800 g/mol. The molecule has 0 amide bonds. The van der Waals surface area contributed by atoms with Gasteiger partial charge in [-0.3, -0.25) is 0 Å². The first-order valence-electron chi connectivity index (χ1n) is 22.2. The molecule has 1 saturated heterocycles. The molecule has 5 nitrogen and oxygen atoms in total. The minimum Gasteiger partial charge on any atom is -0.361 e. The Bertz CT molecular complexity index is 3180. The molecular weight excluding hydrogens is 755 g/mol. The third-order valence-electron chi connectivity index (χ3n) is 14.5. The summed E-state index contributed by atoms with van der Waals surface area (Å²) in [4.78, 5) is 16.0. The Morgan fingerprint density at radius 3 is 2.05 bits per heavy atom. The van der Waals surface area contributed by atoms with Crippen LogP contribution in [0.2, 0.25) is 0 Å². The highest BCUT2D eigenvalue weighted by atomic mass is 15.3. The zero-order chi connectivity index (χ0) is 40.7. The molecule has 7 unspecified atom stereocenters. The number of nitrogens with one attached hydrogen (secondary N) is 1. The van der Waals surface area contributed by atoms with Gasteiger partial charge in [0, 0.05) is 57.5 Å². The molecule has 7 atom stereocenters. The van der Waals surface area contributed by atoms with Crippen LogP contribution in [0.15, 0.2) is 210 Å². The first-order chi connectivity index (χ1) is 30.7. The van der Waals surface area contributed by atoms with Gasteiger partial charge >= 0.3 is 0 Å². The molecule has 5 heteroatoms. The summed E-state index contributed by atoms with van der Waals surface area (Å²) in [6, 6.07) is 65.2. The van der Waals surface area contributed by atoms with Crippen LogP contribution < -0.4 is 15.1 Å². The van der Waals surface area contributed by atoms with Gasteiger partial charge in [0.1, 0.15) is 11.7 Å². The number of anilines is 3. The summed E-state index contributed by atoms with van der Waals surface area (Å²) in [6.07, 6.45) is 11.4. The number of hydrogen-bond donors (Lipinski definition) is 1. The number of benzene rings is 8. The first-order valence-corrected chi connectivity index (χ1v) is 22.2. The molecule has 8 aromatic rings. The molecule has 8 aromatic carbocycles. The molecule has 3 heterocycles. The Kier molecular flexibility index (Phi) is 8.12. The monoisotopic (exact) mass is 799 g/mol. The quantitative estimate of drug-likeness (QED) is 0.189. The van der Waals surface area contributed by atoms with E-state index < -0.39 is 0 Å². The maximum absolute atomic E-state index is 5.32. The van der Waals surface area contributed by atoms with E-state index in [1.54, 1.807) is 0 Å². The van der Waals surface area contributed by atoms with Gasteiger partial charge in [0.25, 0.3) is 0 Å². The molecule has 0 spiro atoms. The first kappa shape index (κ1) is 35.5. The van der Waals surface area contributed by atoms with Gasteiger partial charge in [0.15, 0.2) is 6.17 Å². The van der Waals surface area contributed by atoms with E-state index in [-0.39, 0.29) is 12.2 Å². The normalized spacial score (nSPS) is 24.6. The number of nitrogens with zero attached hydrogens (tertiary/aromatic N) is 4. The second-order valence-electron chi connectivity index (χ2n) is 17.7. The molecule has 0 radical (unpaired) electrons. The van der Waals surface area contributed by atoms with Crippen LogP contribution in [-0.4, -0.2) is 29.8 Å². The number of hydrogen-bond acceptors (Lipinski definition) is 5. The van der Waals surface area contributed by atoms with Gasteiger partial charge in [-0.2, -0.15) is 0 Å². The summed E-state index contributed by atoms with van der Waals surface area (Å²) in [5.41, 5.74) is 8.70. The molecule has 1 saturated carbocycles. The van der Waals surface area contributed by atoms with Gasteiger partial charge in [-0.15, -0.1) is 0 Å². The van der Waals surface area contributed by atoms with Gasteiger partial charge in [-0.05, 0) is 87.1 Å². The fourth-order valence-corrected chi connectivity index (χ4v) is 11.9. The molecule has 5 aliphatic rings. The van der Waals surface area contributed by atoms with Crippen LogP contribution in [0, 0.1) is 11.8 Å². The molecule has 0 bridgehead atoms. The standard InChI is InChI=1S/C57H45N5/c1-3-17-38(18-4-1)55-58-56(39-19-5-2-6-20-39)60-57(59-55)46-30-32-50(44-24-12-11-23-43(44)46)62-49-26-14-13-25-45(49)47-34-48-53(35-52(47)62)61(41-29-27-36-15-7-8-21-40(36)33-41)51-31-28-37-16-9-10-22-42(37)54(48)51/h1-33,45,47-49,52-53,55H,34-35H2,(H,58,59,60). The van der Waals surface area contributed by atoms with Crippen LogP contribution in [0.25, 0.3) is 32.3 Å². The van der Waals surface area contributed by atoms with E-state index in [9.17, 15) is 0 Å². The van der Waals surface area contributed by atoms with E-state index in [0.29, 0.717) is 29.8 Å². The highest BCUT2D eigenvalue weighted by molar-refractivity contribution is 6.21. The van der Waals surface area contributed by atoms with Gasteiger partial charge in [0.2, 0.25) is 0 Å². The van der Waals surface area contributed by atoms with Gasteiger partial charge in [-0.25, -0.2) is 9.98 Å². The minimum absolute atomic E-state index is 0.272. The highest BCUT2D eigenvalue weighted by Gasteiger charge is 2.56. The van der Waals surface area contributed by atoms with Crippen molar-refractivity contribution < 1.29 is 0 Å². The van der Waals surface area contributed by atoms with Crippen molar-refractivity contribution in [1.82, 2.24) is 5.32 Å². The predicted molar refractivity (Wildman–Crippen MR) is 257 cm³/mol.